The van der Waals surface area contributed by atoms with Crippen LogP contribution in [-0.2, 0) is 0 Å². The summed E-state index contributed by atoms with van der Waals surface area (Å²) < 4.78 is 7.44. The van der Waals surface area contributed by atoms with E-state index in [0.29, 0.717) is 0 Å². The number of nitrogens with zero attached hydrogens (tertiary/aromatic N) is 3. The van der Waals surface area contributed by atoms with Crippen molar-refractivity contribution in [2.45, 2.75) is 12.5 Å². The van der Waals surface area contributed by atoms with Crippen molar-refractivity contribution in [1.82, 2.24) is 9.13 Å². The molecule has 1 unspecified atom stereocenters. The van der Waals surface area contributed by atoms with Crippen LogP contribution in [0.4, 0.5) is 0 Å². The molecule has 0 amide bonds. The van der Waals surface area contributed by atoms with Crippen molar-refractivity contribution < 1.29 is 0 Å². The summed E-state index contributed by atoms with van der Waals surface area (Å²) in [7, 11) is 0. The van der Waals surface area contributed by atoms with E-state index < -0.39 is 0 Å². The standard InChI is InChI=1S/C41H27N3S/c1-2-11-27(12-3-1)43-33-17-7-4-14-29(33)40-35(43)22-23-36-41(40)30-15-5-8-18-34(30)44(36)39-20-10-16-32(42-39)26-21-24-38-31(25-26)28-13-6-9-19-37(28)45-38/h1-15,17-25,32H,16H2. The lowest BCUT2D eigenvalue weighted by Crippen LogP contribution is -2.14. The van der Waals surface area contributed by atoms with Crippen LogP contribution in [0.3, 0.4) is 0 Å². The summed E-state index contributed by atoms with van der Waals surface area (Å²) in [5.74, 6) is 0.985. The van der Waals surface area contributed by atoms with Gasteiger partial charge in [0.2, 0.25) is 0 Å². The number of thiophene rings is 1. The Morgan fingerprint density at radius 1 is 0.533 bits per heavy atom. The van der Waals surface area contributed by atoms with Crippen molar-refractivity contribution in [3.8, 4) is 5.69 Å². The molecule has 0 bridgehead atoms. The van der Waals surface area contributed by atoms with Crippen LogP contribution in [0.1, 0.15) is 18.0 Å². The Morgan fingerprint density at radius 2 is 1.16 bits per heavy atom. The van der Waals surface area contributed by atoms with E-state index in [2.05, 4.69) is 155 Å². The van der Waals surface area contributed by atoms with Gasteiger partial charge >= 0.3 is 0 Å². The van der Waals surface area contributed by atoms with Crippen LogP contribution in [-0.4, -0.2) is 15.0 Å². The Morgan fingerprint density at radius 3 is 1.93 bits per heavy atom. The zero-order valence-corrected chi connectivity index (χ0v) is 25.2. The first-order valence-corrected chi connectivity index (χ1v) is 16.3. The number of aromatic nitrogens is 2. The maximum Gasteiger partial charge on any atom is 0.132 e. The molecule has 0 saturated carbocycles. The lowest BCUT2D eigenvalue weighted by atomic mass is 10.00. The monoisotopic (exact) mass is 593 g/mol. The van der Waals surface area contributed by atoms with Crippen molar-refractivity contribution in [3.05, 3.63) is 151 Å². The predicted molar refractivity (Wildman–Crippen MR) is 192 cm³/mol. The molecule has 9 aromatic rings. The van der Waals surface area contributed by atoms with Crippen LogP contribution in [0.2, 0.25) is 0 Å². The van der Waals surface area contributed by atoms with Gasteiger partial charge in [-0.2, -0.15) is 0 Å². The lowest BCUT2D eigenvalue weighted by Gasteiger charge is -2.19. The number of para-hydroxylation sites is 3. The fourth-order valence-electron chi connectivity index (χ4n) is 7.47. The third kappa shape index (κ3) is 3.60. The van der Waals surface area contributed by atoms with Crippen LogP contribution in [0.5, 0.6) is 0 Å². The van der Waals surface area contributed by atoms with Gasteiger partial charge in [0.1, 0.15) is 5.84 Å². The molecule has 0 N–H and O–H groups in total. The third-order valence-electron chi connectivity index (χ3n) is 9.42. The number of fused-ring (bicyclic) bond motifs is 10. The number of dihydropyridines is 1. The van der Waals surface area contributed by atoms with Crippen LogP contribution in [0.15, 0.2) is 151 Å². The summed E-state index contributed by atoms with van der Waals surface area (Å²) in [4.78, 5) is 5.45. The fraction of sp³-hybridized carbons (Fsp3) is 0.0488. The molecule has 45 heavy (non-hydrogen) atoms. The fourth-order valence-corrected chi connectivity index (χ4v) is 8.56. The van der Waals surface area contributed by atoms with Crippen LogP contribution in [0.25, 0.3) is 69.5 Å². The minimum absolute atomic E-state index is 0.0630. The van der Waals surface area contributed by atoms with Gasteiger partial charge in [-0.3, -0.25) is 9.56 Å². The van der Waals surface area contributed by atoms with E-state index in [1.54, 1.807) is 0 Å². The highest BCUT2D eigenvalue weighted by Crippen LogP contribution is 2.42. The Hall–Kier alpha value is -5.45. The van der Waals surface area contributed by atoms with Gasteiger partial charge in [-0.1, -0.05) is 84.9 Å². The van der Waals surface area contributed by atoms with Gasteiger partial charge in [0.05, 0.1) is 28.1 Å². The zero-order chi connectivity index (χ0) is 29.5. The van der Waals surface area contributed by atoms with Gasteiger partial charge < -0.3 is 4.57 Å². The van der Waals surface area contributed by atoms with Crippen molar-refractivity contribution in [1.29, 1.82) is 0 Å². The van der Waals surface area contributed by atoms with Gasteiger partial charge in [-0.05, 0) is 72.7 Å². The van der Waals surface area contributed by atoms with Crippen LogP contribution >= 0.6 is 11.3 Å². The maximum absolute atomic E-state index is 5.45. The number of allylic oxidation sites excluding steroid dienone is 1. The first kappa shape index (κ1) is 24.9. The smallest absolute Gasteiger partial charge is 0.132 e. The molecule has 212 valence electrons. The number of benzene rings is 6. The molecule has 1 aliphatic rings. The number of hydrogen-bond acceptors (Lipinski definition) is 2. The molecular weight excluding hydrogens is 567 g/mol. The molecule has 0 radical (unpaired) electrons. The van der Waals surface area contributed by atoms with Gasteiger partial charge in [-0.15, -0.1) is 11.3 Å². The number of rotatable bonds is 2. The van der Waals surface area contributed by atoms with Crippen molar-refractivity contribution in [2.24, 2.45) is 4.99 Å². The second kappa shape index (κ2) is 9.52. The van der Waals surface area contributed by atoms with E-state index in [1.165, 1.54) is 75.0 Å². The molecule has 3 aromatic heterocycles. The Kier molecular flexibility index (Phi) is 5.28. The molecule has 0 saturated heterocycles. The van der Waals surface area contributed by atoms with E-state index in [1.807, 2.05) is 11.3 Å². The summed E-state index contributed by atoms with van der Waals surface area (Å²) in [6.45, 7) is 0. The summed E-state index contributed by atoms with van der Waals surface area (Å²) >= 11 is 1.86. The number of hydrogen-bond donors (Lipinski definition) is 0. The summed E-state index contributed by atoms with van der Waals surface area (Å²) in [5.41, 5.74) is 7.23. The van der Waals surface area contributed by atoms with E-state index in [0.717, 1.165) is 12.3 Å². The molecule has 4 heterocycles. The molecule has 10 rings (SSSR count). The largest absolute Gasteiger partial charge is 0.309 e. The predicted octanol–water partition coefficient (Wildman–Crippen LogP) is 11.2. The van der Waals surface area contributed by atoms with Gasteiger partial charge in [0, 0.05) is 47.4 Å². The first-order valence-electron chi connectivity index (χ1n) is 15.5. The van der Waals surface area contributed by atoms with Gasteiger partial charge in [-0.25, -0.2) is 0 Å². The minimum Gasteiger partial charge on any atom is -0.309 e. The molecule has 3 nitrogen and oxygen atoms in total. The number of aliphatic imine (C=N–C) groups is 1. The summed E-state index contributed by atoms with van der Waals surface area (Å²) in [6.07, 6.45) is 5.39. The first-order chi connectivity index (χ1) is 22.3. The highest BCUT2D eigenvalue weighted by atomic mass is 32.1. The van der Waals surface area contributed by atoms with Crippen molar-refractivity contribution >= 4 is 81.0 Å². The highest BCUT2D eigenvalue weighted by Gasteiger charge is 2.23. The third-order valence-corrected chi connectivity index (χ3v) is 10.6. The summed E-state index contributed by atoms with van der Waals surface area (Å²) in [5, 5.41) is 7.73. The van der Waals surface area contributed by atoms with E-state index in [4.69, 9.17) is 4.99 Å². The average molecular weight is 594 g/mol. The Labute approximate surface area is 263 Å². The molecule has 1 atom stereocenters. The quantitative estimate of drug-likeness (QED) is 0.190. The Bertz CT molecular complexity index is 2680. The molecule has 0 aliphatic carbocycles. The summed E-state index contributed by atoms with van der Waals surface area (Å²) in [6, 6.07) is 48.6. The van der Waals surface area contributed by atoms with Crippen molar-refractivity contribution in [3.63, 3.8) is 0 Å². The molecule has 0 spiro atoms. The lowest BCUT2D eigenvalue weighted by molar-refractivity contribution is 0.732. The van der Waals surface area contributed by atoms with E-state index in [-0.39, 0.29) is 6.04 Å². The molecule has 6 aromatic carbocycles. The molecule has 0 fully saturated rings. The maximum atomic E-state index is 5.45. The van der Waals surface area contributed by atoms with E-state index >= 15 is 0 Å². The highest BCUT2D eigenvalue weighted by molar-refractivity contribution is 7.25. The second-order valence-corrected chi connectivity index (χ2v) is 13.0. The van der Waals surface area contributed by atoms with Gasteiger partial charge in [0.25, 0.3) is 0 Å². The molecule has 1 aliphatic heterocycles. The van der Waals surface area contributed by atoms with Crippen molar-refractivity contribution in [2.75, 3.05) is 0 Å². The zero-order valence-electron chi connectivity index (χ0n) is 24.4. The molecule has 4 heteroatoms. The van der Waals surface area contributed by atoms with E-state index in [9.17, 15) is 0 Å². The topological polar surface area (TPSA) is 22.2 Å². The van der Waals surface area contributed by atoms with Gasteiger partial charge in [0.15, 0.2) is 0 Å². The molecular formula is C41H27N3S. The van der Waals surface area contributed by atoms with Crippen LogP contribution in [0, 0.1) is 0 Å². The second-order valence-electron chi connectivity index (χ2n) is 11.9. The minimum atomic E-state index is 0.0630. The Balaban J connectivity index is 1.22. The normalized spacial score (nSPS) is 15.3. The SMILES string of the molecule is C1=CC(n2c3ccccc3c3c4c5ccccc5n(-c5ccccc5)c4ccc32)=NC(c2ccc3sc4ccccc4c3c2)C1. The van der Waals surface area contributed by atoms with Crippen LogP contribution < -0.4 is 0 Å². The average Bonchev–Trinajstić information content (AvgIpc) is 3.76.